The number of H-pyrrole nitrogens is 2. The molecule has 0 saturated carbocycles. The van der Waals surface area contributed by atoms with Crippen LogP contribution in [0, 0.1) is 6.92 Å². The van der Waals surface area contributed by atoms with E-state index >= 15 is 0 Å². The topological polar surface area (TPSA) is 103 Å². The Balaban J connectivity index is 1.51. The summed E-state index contributed by atoms with van der Waals surface area (Å²) in [5.41, 5.74) is 6.60. The Morgan fingerprint density at radius 1 is 1.03 bits per heavy atom. The second-order valence-electron chi connectivity index (χ2n) is 8.81. The maximum Gasteiger partial charge on any atom is 0.261 e. The van der Waals surface area contributed by atoms with Crippen molar-refractivity contribution in [2.24, 2.45) is 0 Å². The van der Waals surface area contributed by atoms with Gasteiger partial charge in [0.15, 0.2) is 0 Å². The Labute approximate surface area is 208 Å². The first-order chi connectivity index (χ1) is 17.6. The maximum atomic E-state index is 12.9. The molecule has 4 N–H and O–H groups in total. The van der Waals surface area contributed by atoms with E-state index in [-0.39, 0.29) is 18.2 Å². The van der Waals surface area contributed by atoms with Crippen LogP contribution in [0.1, 0.15) is 11.1 Å². The molecule has 0 spiro atoms. The maximum absolute atomic E-state index is 12.9. The van der Waals surface area contributed by atoms with Crippen LogP contribution in [0.25, 0.3) is 33.5 Å². The highest BCUT2D eigenvalue weighted by Gasteiger charge is 2.18. The number of imidazole rings is 1. The molecule has 2 aromatic heterocycles. The summed E-state index contributed by atoms with van der Waals surface area (Å²) in [5, 5.41) is 13.4. The van der Waals surface area contributed by atoms with Crippen molar-refractivity contribution in [3.05, 3.63) is 100 Å². The molecule has 5 rings (SSSR count). The summed E-state index contributed by atoms with van der Waals surface area (Å²) in [4.78, 5) is 23.8. The summed E-state index contributed by atoms with van der Waals surface area (Å²) in [5.74, 6) is 1.28. The lowest BCUT2D eigenvalue weighted by molar-refractivity contribution is 0.274. The van der Waals surface area contributed by atoms with Gasteiger partial charge < -0.3 is 25.1 Å². The van der Waals surface area contributed by atoms with Gasteiger partial charge in [0.05, 0.1) is 36.5 Å². The Bertz CT molecular complexity index is 1540. The van der Waals surface area contributed by atoms with Gasteiger partial charge in [-0.25, -0.2) is 4.98 Å². The van der Waals surface area contributed by atoms with E-state index < -0.39 is 0 Å². The molecule has 5 aromatic rings. The number of aryl methyl sites for hydroxylation is 1. The van der Waals surface area contributed by atoms with Crippen LogP contribution >= 0.6 is 0 Å². The number of aromatic nitrogens is 3. The zero-order valence-electron chi connectivity index (χ0n) is 20.2. The quantitative estimate of drug-likeness (QED) is 0.253. The number of benzene rings is 3. The Kier molecular flexibility index (Phi) is 6.56. The molecule has 36 heavy (non-hydrogen) atoms. The van der Waals surface area contributed by atoms with Crippen LogP contribution in [0.3, 0.4) is 0 Å². The van der Waals surface area contributed by atoms with E-state index in [0.717, 1.165) is 39.0 Å². The van der Waals surface area contributed by atoms with E-state index in [9.17, 15) is 9.90 Å². The molecule has 1 atom stereocenters. The molecule has 0 amide bonds. The first-order valence-corrected chi connectivity index (χ1v) is 11.8. The molecule has 0 aliphatic rings. The van der Waals surface area contributed by atoms with Crippen molar-refractivity contribution in [2.45, 2.75) is 19.4 Å². The molecule has 3 aromatic carbocycles. The van der Waals surface area contributed by atoms with E-state index in [0.29, 0.717) is 23.5 Å². The average molecular weight is 481 g/mol. The number of nitrogens with one attached hydrogen (secondary N) is 3. The van der Waals surface area contributed by atoms with Crippen LogP contribution in [0.2, 0.25) is 0 Å². The average Bonchev–Trinajstić information content (AvgIpc) is 3.33. The minimum Gasteiger partial charge on any atom is -0.497 e. The molecule has 0 bridgehead atoms. The lowest BCUT2D eigenvalue weighted by Crippen LogP contribution is -2.28. The van der Waals surface area contributed by atoms with E-state index in [1.54, 1.807) is 19.4 Å². The van der Waals surface area contributed by atoms with E-state index in [1.165, 1.54) is 0 Å². The van der Waals surface area contributed by atoms with Gasteiger partial charge in [0.2, 0.25) is 0 Å². The van der Waals surface area contributed by atoms with Crippen molar-refractivity contribution < 1.29 is 9.84 Å². The smallest absolute Gasteiger partial charge is 0.261 e. The van der Waals surface area contributed by atoms with Gasteiger partial charge in [-0.1, -0.05) is 42.5 Å². The van der Waals surface area contributed by atoms with Gasteiger partial charge in [-0.3, -0.25) is 4.79 Å². The zero-order chi connectivity index (χ0) is 25.1. The second-order valence-corrected chi connectivity index (χ2v) is 8.81. The fraction of sp³-hybridized carbons (Fsp3) is 0.172. The zero-order valence-corrected chi connectivity index (χ0v) is 20.2. The molecule has 0 aliphatic heterocycles. The van der Waals surface area contributed by atoms with E-state index in [1.807, 2.05) is 67.6 Å². The Morgan fingerprint density at radius 3 is 2.53 bits per heavy atom. The van der Waals surface area contributed by atoms with Crippen molar-refractivity contribution in [1.82, 2.24) is 15.0 Å². The Hall–Kier alpha value is -4.36. The molecule has 7 heteroatoms. The number of aliphatic hydroxyl groups is 1. The fourth-order valence-electron chi connectivity index (χ4n) is 4.47. The van der Waals surface area contributed by atoms with Crippen LogP contribution in [0.15, 0.2) is 83.8 Å². The summed E-state index contributed by atoms with van der Waals surface area (Å²) in [6.45, 7) is 1.93. The lowest BCUT2D eigenvalue weighted by Gasteiger charge is -2.19. The lowest BCUT2D eigenvalue weighted by atomic mass is 10.0. The molecular formula is C29H28N4O3. The van der Waals surface area contributed by atoms with E-state index in [4.69, 9.17) is 9.72 Å². The van der Waals surface area contributed by atoms with Crippen LogP contribution in [0.4, 0.5) is 5.69 Å². The van der Waals surface area contributed by atoms with Crippen molar-refractivity contribution in [3.8, 4) is 28.3 Å². The third-order valence-electron chi connectivity index (χ3n) is 6.30. The van der Waals surface area contributed by atoms with Gasteiger partial charge in [-0.2, -0.15) is 0 Å². The monoisotopic (exact) mass is 480 g/mol. The first kappa shape index (κ1) is 23.4. The second kappa shape index (κ2) is 10.1. The molecule has 0 aliphatic carbocycles. The fourth-order valence-corrected chi connectivity index (χ4v) is 4.47. The van der Waals surface area contributed by atoms with Crippen LogP contribution in [0.5, 0.6) is 5.75 Å². The molecule has 7 nitrogen and oxygen atoms in total. The van der Waals surface area contributed by atoms with Gasteiger partial charge in [0, 0.05) is 6.20 Å². The predicted octanol–water partition coefficient (Wildman–Crippen LogP) is 4.92. The summed E-state index contributed by atoms with van der Waals surface area (Å²) >= 11 is 0. The molecule has 0 fully saturated rings. The minimum atomic E-state index is -0.263. The highest BCUT2D eigenvalue weighted by atomic mass is 16.5. The van der Waals surface area contributed by atoms with Crippen molar-refractivity contribution in [2.75, 3.05) is 19.0 Å². The van der Waals surface area contributed by atoms with Crippen LogP contribution in [-0.4, -0.2) is 39.8 Å². The van der Waals surface area contributed by atoms with Gasteiger partial charge in [-0.05, 0) is 65.9 Å². The van der Waals surface area contributed by atoms with Crippen molar-refractivity contribution in [3.63, 3.8) is 0 Å². The number of rotatable bonds is 8. The predicted molar refractivity (Wildman–Crippen MR) is 144 cm³/mol. The largest absolute Gasteiger partial charge is 0.497 e. The summed E-state index contributed by atoms with van der Waals surface area (Å²) < 4.78 is 5.27. The number of ether oxygens (including phenoxy) is 1. The number of nitrogens with zero attached hydrogens (tertiary/aromatic N) is 1. The third kappa shape index (κ3) is 4.74. The number of fused-ring (bicyclic) bond motifs is 1. The molecule has 2 heterocycles. The molecule has 0 unspecified atom stereocenters. The third-order valence-corrected chi connectivity index (χ3v) is 6.30. The standard InChI is InChI=1S/C29H28N4O3/c1-18-14-21(20-8-10-23(36-2)11-9-20)16-25-27(18)33-28(32-25)26-24(12-13-30-29(26)35)31-22(17-34)15-19-6-4-3-5-7-19/h3-14,16,22,34H,15,17H2,1-2H3,(H,32,33)(H2,30,31,35)/t22-/m0/s1. The van der Waals surface area contributed by atoms with Crippen LogP contribution < -0.4 is 15.6 Å². The van der Waals surface area contributed by atoms with Gasteiger partial charge in [0.1, 0.15) is 17.1 Å². The van der Waals surface area contributed by atoms with Gasteiger partial charge in [0.25, 0.3) is 5.56 Å². The minimum absolute atomic E-state index is 0.0778. The van der Waals surface area contributed by atoms with Crippen molar-refractivity contribution >= 4 is 16.7 Å². The number of aliphatic hydroxyl groups excluding tert-OH is 1. The SMILES string of the molecule is COc1ccc(-c2cc(C)c3nc(-c4c(N[C@H](CO)Cc5ccccc5)cc[nH]c4=O)[nH]c3c2)cc1. The van der Waals surface area contributed by atoms with Gasteiger partial charge >= 0.3 is 0 Å². The van der Waals surface area contributed by atoms with Crippen LogP contribution in [-0.2, 0) is 6.42 Å². The molecule has 0 saturated heterocycles. The van der Waals surface area contributed by atoms with Gasteiger partial charge in [-0.15, -0.1) is 0 Å². The molecular weight excluding hydrogens is 452 g/mol. The molecule has 182 valence electrons. The number of pyridine rings is 1. The highest BCUT2D eigenvalue weighted by Crippen LogP contribution is 2.31. The normalized spacial score (nSPS) is 12.0. The number of anilines is 1. The molecule has 0 radical (unpaired) electrons. The van der Waals surface area contributed by atoms with Crippen molar-refractivity contribution in [1.29, 1.82) is 0 Å². The first-order valence-electron chi connectivity index (χ1n) is 11.8. The number of methoxy groups -OCH3 is 1. The Morgan fingerprint density at radius 2 is 1.81 bits per heavy atom. The summed E-state index contributed by atoms with van der Waals surface area (Å²) in [6.07, 6.45) is 2.22. The highest BCUT2D eigenvalue weighted by molar-refractivity contribution is 5.88. The van der Waals surface area contributed by atoms with E-state index in [2.05, 4.69) is 21.4 Å². The number of hydrogen-bond donors (Lipinski definition) is 4. The number of hydrogen-bond acceptors (Lipinski definition) is 5. The summed E-state index contributed by atoms with van der Waals surface area (Å²) in [7, 11) is 1.65. The number of aromatic amines is 2. The summed E-state index contributed by atoms with van der Waals surface area (Å²) in [6, 6.07) is 23.5.